The van der Waals surface area contributed by atoms with Crippen LogP contribution in [0.4, 0.5) is 9.59 Å². The smallest absolute Gasteiger partial charge is 0.435 e. The highest BCUT2D eigenvalue weighted by Crippen LogP contribution is 2.19. The van der Waals surface area contributed by atoms with E-state index in [1.54, 1.807) is 38.1 Å². The molecule has 0 aromatic heterocycles. The normalized spacial score (nSPS) is 9.58. The van der Waals surface area contributed by atoms with Crippen LogP contribution in [0.25, 0.3) is 0 Å². The van der Waals surface area contributed by atoms with E-state index in [0.29, 0.717) is 5.56 Å². The molecule has 19 heavy (non-hydrogen) atoms. The number of carbonyl (C=O) groups is 2. The molecule has 0 aliphatic carbocycles. The summed E-state index contributed by atoms with van der Waals surface area (Å²) >= 11 is 0. The van der Waals surface area contributed by atoms with E-state index in [4.69, 9.17) is 9.47 Å². The maximum absolute atomic E-state index is 11.2. The highest BCUT2D eigenvalue weighted by molar-refractivity contribution is 5.64. The minimum absolute atomic E-state index is 0.0472. The third-order valence-corrected chi connectivity index (χ3v) is 2.04. The number of rotatable bonds is 5. The summed E-state index contributed by atoms with van der Waals surface area (Å²) in [5.41, 5.74) is 0.545. The maximum Gasteiger partial charge on any atom is 0.513 e. The van der Waals surface area contributed by atoms with E-state index in [0.717, 1.165) is 0 Å². The number of carbonyl (C=O) groups excluding carboxylic acids is 2. The van der Waals surface area contributed by atoms with Crippen molar-refractivity contribution in [3.05, 3.63) is 29.8 Å². The monoisotopic (exact) mass is 268 g/mol. The molecular formula is C13H16O6. The molecule has 1 rings (SSSR count). The van der Waals surface area contributed by atoms with Gasteiger partial charge in [0.2, 0.25) is 0 Å². The lowest BCUT2D eigenvalue weighted by atomic mass is 10.2. The van der Waals surface area contributed by atoms with E-state index in [-0.39, 0.29) is 25.6 Å². The molecule has 104 valence electrons. The van der Waals surface area contributed by atoms with Crippen molar-refractivity contribution >= 4 is 12.3 Å². The quantitative estimate of drug-likeness (QED) is 0.604. The van der Waals surface area contributed by atoms with Gasteiger partial charge in [0, 0.05) is 5.56 Å². The lowest BCUT2D eigenvalue weighted by molar-refractivity contribution is 0.0529. The Kier molecular flexibility index (Phi) is 6.21. The summed E-state index contributed by atoms with van der Waals surface area (Å²) in [6.45, 7) is 3.77. The zero-order valence-electron chi connectivity index (χ0n) is 10.9. The highest BCUT2D eigenvalue weighted by Gasteiger charge is 2.11. The zero-order chi connectivity index (χ0) is 14.1. The number of hydrogen-bond acceptors (Lipinski definition) is 6. The molecular weight excluding hydrogens is 252 g/mol. The first-order valence-corrected chi connectivity index (χ1v) is 5.89. The molecule has 0 aliphatic heterocycles. The molecule has 1 aromatic rings. The molecule has 0 aliphatic rings. The van der Waals surface area contributed by atoms with Gasteiger partial charge in [0.1, 0.15) is 12.4 Å². The molecule has 0 unspecified atom stereocenters. The largest absolute Gasteiger partial charge is 0.513 e. The molecule has 0 atom stereocenters. The van der Waals surface area contributed by atoms with Crippen LogP contribution in [0.5, 0.6) is 5.75 Å². The van der Waals surface area contributed by atoms with Gasteiger partial charge in [0.05, 0.1) is 13.2 Å². The molecule has 6 heteroatoms. The maximum atomic E-state index is 11.2. The standard InChI is InChI=1S/C13H16O6/c1-3-16-12(14)18-9-10-7-5-6-8-11(10)19-13(15)17-4-2/h5-8H,3-4,9H2,1-2H3. The van der Waals surface area contributed by atoms with Crippen molar-refractivity contribution in [3.63, 3.8) is 0 Å². The Balaban J connectivity index is 2.62. The van der Waals surface area contributed by atoms with Gasteiger partial charge in [-0.2, -0.15) is 0 Å². The van der Waals surface area contributed by atoms with E-state index in [9.17, 15) is 9.59 Å². The van der Waals surface area contributed by atoms with Gasteiger partial charge >= 0.3 is 12.3 Å². The summed E-state index contributed by atoms with van der Waals surface area (Å²) in [4.78, 5) is 22.3. The topological polar surface area (TPSA) is 71.1 Å². The Morgan fingerprint density at radius 1 is 0.947 bits per heavy atom. The van der Waals surface area contributed by atoms with Gasteiger partial charge < -0.3 is 18.9 Å². The molecule has 0 saturated carbocycles. The van der Waals surface area contributed by atoms with Crippen LogP contribution in [-0.4, -0.2) is 25.5 Å². The van der Waals surface area contributed by atoms with Crippen LogP contribution in [0, 0.1) is 0 Å². The number of ether oxygens (including phenoxy) is 4. The van der Waals surface area contributed by atoms with Crippen molar-refractivity contribution in [2.45, 2.75) is 20.5 Å². The minimum Gasteiger partial charge on any atom is -0.435 e. The lowest BCUT2D eigenvalue weighted by Crippen LogP contribution is -2.12. The van der Waals surface area contributed by atoms with Crippen LogP contribution in [0.3, 0.4) is 0 Å². The second-order valence-electron chi connectivity index (χ2n) is 3.36. The third kappa shape index (κ3) is 5.29. The van der Waals surface area contributed by atoms with Crippen LogP contribution < -0.4 is 4.74 Å². The number of hydrogen-bond donors (Lipinski definition) is 0. The summed E-state index contributed by atoms with van der Waals surface area (Å²) < 4.78 is 19.1. The molecule has 0 N–H and O–H groups in total. The fourth-order valence-electron chi connectivity index (χ4n) is 1.26. The second kappa shape index (κ2) is 7.97. The second-order valence-corrected chi connectivity index (χ2v) is 3.36. The summed E-state index contributed by atoms with van der Waals surface area (Å²) in [5, 5.41) is 0. The van der Waals surface area contributed by atoms with Gasteiger partial charge in [-0.25, -0.2) is 9.59 Å². The van der Waals surface area contributed by atoms with Crippen molar-refractivity contribution in [3.8, 4) is 5.75 Å². The fraction of sp³-hybridized carbons (Fsp3) is 0.385. The predicted molar refractivity (Wildman–Crippen MR) is 65.9 cm³/mol. The van der Waals surface area contributed by atoms with Crippen LogP contribution in [0.15, 0.2) is 24.3 Å². The van der Waals surface area contributed by atoms with E-state index < -0.39 is 12.3 Å². The zero-order valence-corrected chi connectivity index (χ0v) is 10.9. The Bertz CT molecular complexity index is 429. The summed E-state index contributed by atoms with van der Waals surface area (Å²) in [6.07, 6.45) is -1.57. The van der Waals surface area contributed by atoms with Crippen LogP contribution in [0.2, 0.25) is 0 Å². The van der Waals surface area contributed by atoms with Crippen LogP contribution >= 0.6 is 0 Å². The summed E-state index contributed by atoms with van der Waals surface area (Å²) in [7, 11) is 0. The van der Waals surface area contributed by atoms with E-state index in [1.807, 2.05) is 0 Å². The van der Waals surface area contributed by atoms with Crippen LogP contribution in [-0.2, 0) is 20.8 Å². The van der Waals surface area contributed by atoms with Crippen molar-refractivity contribution in [2.75, 3.05) is 13.2 Å². The molecule has 0 saturated heterocycles. The van der Waals surface area contributed by atoms with Gasteiger partial charge in [-0.15, -0.1) is 0 Å². The van der Waals surface area contributed by atoms with Gasteiger partial charge in [-0.1, -0.05) is 18.2 Å². The van der Waals surface area contributed by atoms with Gasteiger partial charge in [-0.05, 0) is 19.9 Å². The molecule has 0 radical (unpaired) electrons. The Morgan fingerprint density at radius 2 is 1.58 bits per heavy atom. The molecule has 0 bridgehead atoms. The Morgan fingerprint density at radius 3 is 2.26 bits per heavy atom. The van der Waals surface area contributed by atoms with Crippen LogP contribution in [0.1, 0.15) is 19.4 Å². The molecule has 1 aromatic carbocycles. The van der Waals surface area contributed by atoms with E-state index >= 15 is 0 Å². The minimum atomic E-state index is -0.800. The molecule has 0 heterocycles. The third-order valence-electron chi connectivity index (χ3n) is 2.04. The summed E-state index contributed by atoms with van der Waals surface area (Å²) in [5.74, 6) is 0.283. The van der Waals surface area contributed by atoms with Crippen molar-refractivity contribution in [1.29, 1.82) is 0 Å². The average molecular weight is 268 g/mol. The Hall–Kier alpha value is -2.24. The SMILES string of the molecule is CCOC(=O)OCc1ccccc1OC(=O)OCC. The van der Waals surface area contributed by atoms with Crippen molar-refractivity contribution < 1.29 is 28.5 Å². The molecule has 0 fully saturated rings. The van der Waals surface area contributed by atoms with Crippen molar-refractivity contribution in [1.82, 2.24) is 0 Å². The predicted octanol–water partition coefficient (Wildman–Crippen LogP) is 2.90. The highest BCUT2D eigenvalue weighted by atomic mass is 16.7. The van der Waals surface area contributed by atoms with Gasteiger partial charge in [-0.3, -0.25) is 0 Å². The Labute approximate surface area is 111 Å². The number of para-hydroxylation sites is 1. The molecule has 0 spiro atoms. The van der Waals surface area contributed by atoms with E-state index in [2.05, 4.69) is 9.47 Å². The van der Waals surface area contributed by atoms with Gasteiger partial charge in [0.15, 0.2) is 0 Å². The number of benzene rings is 1. The lowest BCUT2D eigenvalue weighted by Gasteiger charge is -2.10. The first-order valence-electron chi connectivity index (χ1n) is 5.89. The van der Waals surface area contributed by atoms with Crippen molar-refractivity contribution in [2.24, 2.45) is 0 Å². The fourth-order valence-corrected chi connectivity index (χ4v) is 1.26. The van der Waals surface area contributed by atoms with Gasteiger partial charge in [0.25, 0.3) is 0 Å². The molecule has 6 nitrogen and oxygen atoms in total. The summed E-state index contributed by atoms with van der Waals surface area (Å²) in [6, 6.07) is 6.69. The first-order chi connectivity index (χ1) is 9.17. The average Bonchev–Trinajstić information content (AvgIpc) is 2.38. The van der Waals surface area contributed by atoms with E-state index in [1.165, 1.54) is 0 Å². The first kappa shape index (κ1) is 14.8. The molecule has 0 amide bonds.